The van der Waals surface area contributed by atoms with Crippen LogP contribution in [0.25, 0.3) is 0 Å². The predicted molar refractivity (Wildman–Crippen MR) is 57.3 cm³/mol. The van der Waals surface area contributed by atoms with Gasteiger partial charge in [0, 0.05) is 18.8 Å². The Balaban J connectivity index is 2.71. The molecule has 0 amide bonds. The molecule has 2 atom stereocenters. The van der Waals surface area contributed by atoms with Crippen molar-refractivity contribution in [2.24, 2.45) is 18.8 Å². The third kappa shape index (κ3) is 2.56. The molecule has 0 aliphatic heterocycles. The minimum Gasteiger partial charge on any atom is -0.275 e. The van der Waals surface area contributed by atoms with E-state index in [9.17, 15) is 0 Å². The van der Waals surface area contributed by atoms with Gasteiger partial charge in [-0.05, 0) is 12.3 Å². The van der Waals surface area contributed by atoms with E-state index in [4.69, 9.17) is 5.84 Å². The quantitative estimate of drug-likeness (QED) is 0.552. The molecule has 4 heteroatoms. The fourth-order valence-corrected chi connectivity index (χ4v) is 1.81. The molecule has 1 rings (SSSR count). The molecule has 0 bridgehead atoms. The number of hydrogen-bond acceptors (Lipinski definition) is 3. The summed E-state index contributed by atoms with van der Waals surface area (Å²) in [5, 5.41) is 4.15. The molecule has 80 valence electrons. The Morgan fingerprint density at radius 1 is 1.64 bits per heavy atom. The first-order valence-corrected chi connectivity index (χ1v) is 5.13. The third-order valence-corrected chi connectivity index (χ3v) is 2.58. The number of aryl methyl sites for hydroxylation is 1. The molecule has 0 aliphatic carbocycles. The Morgan fingerprint density at radius 2 is 2.36 bits per heavy atom. The Morgan fingerprint density at radius 3 is 2.79 bits per heavy atom. The van der Waals surface area contributed by atoms with E-state index in [2.05, 4.69) is 24.4 Å². The van der Waals surface area contributed by atoms with Crippen molar-refractivity contribution in [2.45, 2.75) is 32.7 Å². The van der Waals surface area contributed by atoms with Crippen molar-refractivity contribution < 1.29 is 0 Å². The standard InChI is InChI=1S/C10H20N4/c1-4-5-8(2)10(13-11)9-6-12-14(3)7-9/h6-8,10,13H,4-5,11H2,1-3H3. The first-order valence-electron chi connectivity index (χ1n) is 5.13. The highest BCUT2D eigenvalue weighted by Crippen LogP contribution is 2.23. The van der Waals surface area contributed by atoms with Crippen LogP contribution in [0.4, 0.5) is 0 Å². The lowest BCUT2D eigenvalue weighted by molar-refractivity contribution is 0.368. The van der Waals surface area contributed by atoms with Gasteiger partial charge in [-0.2, -0.15) is 5.10 Å². The van der Waals surface area contributed by atoms with E-state index < -0.39 is 0 Å². The molecule has 0 saturated carbocycles. The summed E-state index contributed by atoms with van der Waals surface area (Å²) in [7, 11) is 1.92. The zero-order valence-corrected chi connectivity index (χ0v) is 9.20. The van der Waals surface area contributed by atoms with Crippen LogP contribution in [0.1, 0.15) is 38.3 Å². The van der Waals surface area contributed by atoms with Gasteiger partial charge in [0.05, 0.1) is 12.2 Å². The van der Waals surface area contributed by atoms with Crippen molar-refractivity contribution in [3.8, 4) is 0 Å². The summed E-state index contributed by atoms with van der Waals surface area (Å²) >= 11 is 0. The topological polar surface area (TPSA) is 55.9 Å². The normalized spacial score (nSPS) is 15.4. The van der Waals surface area contributed by atoms with Gasteiger partial charge in [-0.25, -0.2) is 0 Å². The average Bonchev–Trinajstić information content (AvgIpc) is 2.54. The van der Waals surface area contributed by atoms with Gasteiger partial charge in [0.1, 0.15) is 0 Å². The first kappa shape index (κ1) is 11.2. The van der Waals surface area contributed by atoms with Crippen molar-refractivity contribution in [1.82, 2.24) is 15.2 Å². The fraction of sp³-hybridized carbons (Fsp3) is 0.700. The summed E-state index contributed by atoms with van der Waals surface area (Å²) in [4.78, 5) is 0. The minimum absolute atomic E-state index is 0.212. The second kappa shape index (κ2) is 5.12. The molecule has 2 unspecified atom stereocenters. The molecule has 0 saturated heterocycles. The lowest BCUT2D eigenvalue weighted by Crippen LogP contribution is -2.32. The first-order chi connectivity index (χ1) is 6.69. The number of hydrogen-bond donors (Lipinski definition) is 2. The van der Waals surface area contributed by atoms with Gasteiger partial charge in [-0.1, -0.05) is 20.3 Å². The van der Waals surface area contributed by atoms with Crippen LogP contribution in [0.2, 0.25) is 0 Å². The number of nitrogens with one attached hydrogen (secondary N) is 1. The van der Waals surface area contributed by atoms with Gasteiger partial charge < -0.3 is 0 Å². The summed E-state index contributed by atoms with van der Waals surface area (Å²) in [6.45, 7) is 4.40. The van der Waals surface area contributed by atoms with Crippen molar-refractivity contribution in [1.29, 1.82) is 0 Å². The molecule has 4 nitrogen and oxygen atoms in total. The SMILES string of the molecule is CCCC(C)C(NN)c1cnn(C)c1. The fourth-order valence-electron chi connectivity index (χ4n) is 1.81. The summed E-state index contributed by atoms with van der Waals surface area (Å²) in [6.07, 6.45) is 6.23. The second-order valence-electron chi connectivity index (χ2n) is 3.86. The third-order valence-electron chi connectivity index (χ3n) is 2.58. The number of nitrogens with zero attached hydrogens (tertiary/aromatic N) is 2. The van der Waals surface area contributed by atoms with Crippen LogP contribution in [-0.2, 0) is 7.05 Å². The minimum atomic E-state index is 0.212. The van der Waals surface area contributed by atoms with E-state index >= 15 is 0 Å². The van der Waals surface area contributed by atoms with E-state index in [1.807, 2.05) is 19.4 Å². The number of aromatic nitrogens is 2. The van der Waals surface area contributed by atoms with Crippen molar-refractivity contribution in [3.05, 3.63) is 18.0 Å². The monoisotopic (exact) mass is 196 g/mol. The molecule has 0 fully saturated rings. The molecule has 14 heavy (non-hydrogen) atoms. The van der Waals surface area contributed by atoms with Gasteiger partial charge in [0.2, 0.25) is 0 Å². The number of hydrazine groups is 1. The van der Waals surface area contributed by atoms with Crippen molar-refractivity contribution in [3.63, 3.8) is 0 Å². The van der Waals surface area contributed by atoms with Gasteiger partial charge in [-0.15, -0.1) is 0 Å². The second-order valence-corrected chi connectivity index (χ2v) is 3.86. The zero-order valence-electron chi connectivity index (χ0n) is 9.20. The van der Waals surface area contributed by atoms with Gasteiger partial charge in [-0.3, -0.25) is 16.0 Å². The van der Waals surface area contributed by atoms with Crippen LogP contribution < -0.4 is 11.3 Å². The Bertz CT molecular complexity index is 269. The summed E-state index contributed by atoms with van der Waals surface area (Å²) in [5.74, 6) is 6.09. The van der Waals surface area contributed by atoms with E-state index in [1.165, 1.54) is 12.8 Å². The van der Waals surface area contributed by atoms with Crippen LogP contribution >= 0.6 is 0 Å². The lowest BCUT2D eigenvalue weighted by Gasteiger charge is -2.21. The Hall–Kier alpha value is -0.870. The molecule has 1 aromatic rings. The van der Waals surface area contributed by atoms with Crippen LogP contribution in [0, 0.1) is 5.92 Å². The molecule has 0 aliphatic rings. The summed E-state index contributed by atoms with van der Waals surface area (Å²) < 4.78 is 1.80. The highest BCUT2D eigenvalue weighted by atomic mass is 15.3. The Labute approximate surface area is 85.5 Å². The van der Waals surface area contributed by atoms with Crippen LogP contribution in [0.15, 0.2) is 12.4 Å². The van der Waals surface area contributed by atoms with Gasteiger partial charge in [0.15, 0.2) is 0 Å². The average molecular weight is 196 g/mol. The Kier molecular flexibility index (Phi) is 4.10. The maximum absolute atomic E-state index is 5.56. The highest BCUT2D eigenvalue weighted by molar-refractivity contribution is 5.10. The lowest BCUT2D eigenvalue weighted by atomic mass is 9.93. The van der Waals surface area contributed by atoms with Gasteiger partial charge >= 0.3 is 0 Å². The van der Waals surface area contributed by atoms with Crippen LogP contribution in [0.5, 0.6) is 0 Å². The summed E-state index contributed by atoms with van der Waals surface area (Å²) in [6, 6.07) is 0.212. The number of nitrogens with two attached hydrogens (primary N) is 1. The molecule has 3 N–H and O–H groups in total. The van der Waals surface area contributed by atoms with E-state index in [1.54, 1.807) is 4.68 Å². The highest BCUT2D eigenvalue weighted by Gasteiger charge is 2.18. The van der Waals surface area contributed by atoms with Crippen molar-refractivity contribution in [2.75, 3.05) is 0 Å². The summed E-state index contributed by atoms with van der Waals surface area (Å²) in [5.41, 5.74) is 4.03. The molecule has 0 spiro atoms. The molecular weight excluding hydrogens is 176 g/mol. The molecule has 0 radical (unpaired) electrons. The molecular formula is C10H20N4. The predicted octanol–water partition coefficient (Wildman–Crippen LogP) is 1.36. The van der Waals surface area contributed by atoms with E-state index in [0.717, 1.165) is 5.56 Å². The van der Waals surface area contributed by atoms with Crippen LogP contribution in [-0.4, -0.2) is 9.78 Å². The largest absolute Gasteiger partial charge is 0.275 e. The van der Waals surface area contributed by atoms with E-state index in [-0.39, 0.29) is 6.04 Å². The zero-order chi connectivity index (χ0) is 10.6. The van der Waals surface area contributed by atoms with Gasteiger partial charge in [0.25, 0.3) is 0 Å². The molecule has 1 heterocycles. The number of rotatable bonds is 5. The smallest absolute Gasteiger partial charge is 0.0538 e. The van der Waals surface area contributed by atoms with Crippen molar-refractivity contribution >= 4 is 0 Å². The van der Waals surface area contributed by atoms with E-state index in [0.29, 0.717) is 5.92 Å². The van der Waals surface area contributed by atoms with Crippen LogP contribution in [0.3, 0.4) is 0 Å². The molecule has 1 aromatic heterocycles. The maximum Gasteiger partial charge on any atom is 0.0538 e. The maximum atomic E-state index is 5.56. The molecule has 0 aromatic carbocycles.